The summed E-state index contributed by atoms with van der Waals surface area (Å²) >= 11 is 0. The van der Waals surface area contributed by atoms with E-state index in [2.05, 4.69) is 5.32 Å². The van der Waals surface area contributed by atoms with E-state index in [1.807, 2.05) is 0 Å². The second kappa shape index (κ2) is 6.67. The molecule has 0 aliphatic rings. The summed E-state index contributed by atoms with van der Waals surface area (Å²) in [6.07, 6.45) is 1.91. The summed E-state index contributed by atoms with van der Waals surface area (Å²) in [6.45, 7) is 5.53. The van der Waals surface area contributed by atoms with Crippen LogP contribution < -0.4 is 5.32 Å². The number of rotatable bonds is 5. The van der Waals surface area contributed by atoms with Crippen LogP contribution in [0.3, 0.4) is 0 Å². The fourth-order valence-electron chi connectivity index (χ4n) is 0.924. The standard InChI is InChI=1S/C11H18N2O4/c1-11(2,3)17-10(16)13-6-4-5-8(7-12)9(14)15/h5,7,12H,4,6H2,1-3H3,(H,13,16)(H,14,15)/b8-5+,12-7?. The fourth-order valence-corrected chi connectivity index (χ4v) is 0.924. The van der Waals surface area contributed by atoms with Gasteiger partial charge in [-0.15, -0.1) is 0 Å². The Hall–Kier alpha value is -1.85. The van der Waals surface area contributed by atoms with E-state index in [0.717, 1.165) is 6.21 Å². The number of carboxylic acids is 1. The molecule has 0 aliphatic heterocycles. The van der Waals surface area contributed by atoms with Gasteiger partial charge in [0.15, 0.2) is 0 Å². The summed E-state index contributed by atoms with van der Waals surface area (Å²) in [5.74, 6) is -1.16. The highest BCUT2D eigenvalue weighted by molar-refractivity contribution is 6.07. The molecule has 0 saturated heterocycles. The lowest BCUT2D eigenvalue weighted by atomic mass is 10.2. The molecule has 0 spiro atoms. The second-order valence-electron chi connectivity index (χ2n) is 4.33. The first kappa shape index (κ1) is 15.2. The molecule has 0 fully saturated rings. The molecule has 0 rings (SSSR count). The van der Waals surface area contributed by atoms with E-state index in [1.165, 1.54) is 6.08 Å². The molecule has 0 bridgehead atoms. The molecule has 0 saturated carbocycles. The zero-order chi connectivity index (χ0) is 13.5. The monoisotopic (exact) mass is 242 g/mol. The molecule has 96 valence electrons. The first-order chi connectivity index (χ1) is 7.76. The number of hydrogen-bond donors (Lipinski definition) is 3. The quantitative estimate of drug-likeness (QED) is 0.387. The summed E-state index contributed by atoms with van der Waals surface area (Å²) in [5.41, 5.74) is -0.655. The largest absolute Gasteiger partial charge is 0.478 e. The van der Waals surface area contributed by atoms with E-state index in [9.17, 15) is 9.59 Å². The lowest BCUT2D eigenvalue weighted by molar-refractivity contribution is -0.132. The summed E-state index contributed by atoms with van der Waals surface area (Å²) in [4.78, 5) is 21.7. The van der Waals surface area contributed by atoms with Crippen LogP contribution in [-0.4, -0.2) is 35.5 Å². The third-order valence-corrected chi connectivity index (χ3v) is 1.58. The zero-order valence-electron chi connectivity index (χ0n) is 10.2. The Kier molecular flexibility index (Phi) is 5.95. The molecule has 0 aliphatic carbocycles. The Bertz CT molecular complexity index is 329. The van der Waals surface area contributed by atoms with E-state index in [1.54, 1.807) is 20.8 Å². The van der Waals surface area contributed by atoms with E-state index in [-0.39, 0.29) is 12.1 Å². The molecule has 0 radical (unpaired) electrons. The van der Waals surface area contributed by atoms with Crippen LogP contribution in [0, 0.1) is 5.41 Å². The maximum atomic E-state index is 11.2. The van der Waals surface area contributed by atoms with Gasteiger partial charge in [0.2, 0.25) is 0 Å². The van der Waals surface area contributed by atoms with Crippen LogP contribution in [0.25, 0.3) is 0 Å². The van der Waals surface area contributed by atoms with Crippen molar-refractivity contribution in [3.8, 4) is 0 Å². The minimum atomic E-state index is -1.16. The van der Waals surface area contributed by atoms with Crippen molar-refractivity contribution in [3.05, 3.63) is 11.6 Å². The van der Waals surface area contributed by atoms with Gasteiger partial charge >= 0.3 is 12.1 Å². The van der Waals surface area contributed by atoms with Crippen molar-refractivity contribution in [2.24, 2.45) is 0 Å². The smallest absolute Gasteiger partial charge is 0.407 e. The lowest BCUT2D eigenvalue weighted by Crippen LogP contribution is -2.32. The average Bonchev–Trinajstić information content (AvgIpc) is 2.14. The second-order valence-corrected chi connectivity index (χ2v) is 4.33. The third-order valence-electron chi connectivity index (χ3n) is 1.58. The number of nitrogens with one attached hydrogen (secondary N) is 2. The van der Waals surface area contributed by atoms with Crippen LogP contribution in [0.5, 0.6) is 0 Å². The Morgan fingerprint density at radius 3 is 2.41 bits per heavy atom. The average molecular weight is 242 g/mol. The number of carboxylic acid groups (broad SMARTS) is 1. The number of aliphatic carboxylic acids is 1. The van der Waals surface area contributed by atoms with Gasteiger partial charge in [-0.2, -0.15) is 0 Å². The minimum absolute atomic E-state index is 0.101. The van der Waals surface area contributed by atoms with Crippen LogP contribution in [0.2, 0.25) is 0 Å². The van der Waals surface area contributed by atoms with Gasteiger partial charge in [-0.25, -0.2) is 9.59 Å². The molecule has 0 aromatic carbocycles. The lowest BCUT2D eigenvalue weighted by Gasteiger charge is -2.19. The molecule has 6 heteroatoms. The summed E-state index contributed by atoms with van der Waals surface area (Å²) < 4.78 is 4.99. The van der Waals surface area contributed by atoms with Crippen molar-refractivity contribution in [2.45, 2.75) is 32.8 Å². The van der Waals surface area contributed by atoms with Gasteiger partial charge in [-0.3, -0.25) is 0 Å². The van der Waals surface area contributed by atoms with Gasteiger partial charge in [0.1, 0.15) is 5.60 Å². The topological polar surface area (TPSA) is 99.5 Å². The minimum Gasteiger partial charge on any atom is -0.478 e. The van der Waals surface area contributed by atoms with Gasteiger partial charge < -0.3 is 20.6 Å². The molecule has 0 atom stereocenters. The fraction of sp³-hybridized carbons (Fsp3) is 0.545. The van der Waals surface area contributed by atoms with Gasteiger partial charge in [0.25, 0.3) is 0 Å². The van der Waals surface area contributed by atoms with Crippen molar-refractivity contribution in [2.75, 3.05) is 6.54 Å². The van der Waals surface area contributed by atoms with Crippen LogP contribution in [0.15, 0.2) is 11.6 Å². The molecule has 1 amide bonds. The van der Waals surface area contributed by atoms with E-state index in [0.29, 0.717) is 6.42 Å². The first-order valence-corrected chi connectivity index (χ1v) is 5.17. The summed E-state index contributed by atoms with van der Waals surface area (Å²) in [5, 5.41) is 17.9. The molecule has 3 N–H and O–H groups in total. The maximum Gasteiger partial charge on any atom is 0.407 e. The van der Waals surface area contributed by atoms with E-state index >= 15 is 0 Å². The highest BCUT2D eigenvalue weighted by Gasteiger charge is 2.15. The number of amides is 1. The Morgan fingerprint density at radius 1 is 1.41 bits per heavy atom. The number of ether oxygens (including phenoxy) is 1. The van der Waals surface area contributed by atoms with Crippen molar-refractivity contribution >= 4 is 18.3 Å². The van der Waals surface area contributed by atoms with Gasteiger partial charge in [-0.05, 0) is 27.2 Å². The zero-order valence-corrected chi connectivity index (χ0v) is 10.2. The summed E-state index contributed by atoms with van der Waals surface area (Å²) in [6, 6.07) is 0. The van der Waals surface area contributed by atoms with Gasteiger partial charge in [-0.1, -0.05) is 6.08 Å². The SMILES string of the molecule is CC(C)(C)OC(=O)NCC/C=C(\C=N)C(=O)O. The third kappa shape index (κ3) is 8.01. The Morgan fingerprint density at radius 2 is 2.00 bits per heavy atom. The maximum absolute atomic E-state index is 11.2. The molecule has 0 aromatic rings. The van der Waals surface area contributed by atoms with Gasteiger partial charge in [0, 0.05) is 12.8 Å². The number of hydrogen-bond acceptors (Lipinski definition) is 4. The first-order valence-electron chi connectivity index (χ1n) is 5.17. The normalized spacial score (nSPS) is 11.8. The predicted molar refractivity (Wildman–Crippen MR) is 63.4 cm³/mol. The highest BCUT2D eigenvalue weighted by atomic mass is 16.6. The van der Waals surface area contributed by atoms with Crippen LogP contribution in [-0.2, 0) is 9.53 Å². The van der Waals surface area contributed by atoms with Crippen LogP contribution in [0.1, 0.15) is 27.2 Å². The Balaban J connectivity index is 3.97. The van der Waals surface area contributed by atoms with E-state index < -0.39 is 17.7 Å². The summed E-state index contributed by atoms with van der Waals surface area (Å²) in [7, 11) is 0. The van der Waals surface area contributed by atoms with Crippen molar-refractivity contribution < 1.29 is 19.4 Å². The number of carbonyl (C=O) groups is 2. The van der Waals surface area contributed by atoms with Crippen molar-refractivity contribution in [1.82, 2.24) is 5.32 Å². The van der Waals surface area contributed by atoms with Crippen LogP contribution in [0.4, 0.5) is 4.79 Å². The van der Waals surface area contributed by atoms with Crippen molar-refractivity contribution in [3.63, 3.8) is 0 Å². The highest BCUT2D eigenvalue weighted by Crippen LogP contribution is 2.06. The number of carbonyl (C=O) groups excluding carboxylic acids is 1. The molecule has 6 nitrogen and oxygen atoms in total. The van der Waals surface area contributed by atoms with Gasteiger partial charge in [0.05, 0.1) is 5.57 Å². The van der Waals surface area contributed by atoms with E-state index in [4.69, 9.17) is 15.3 Å². The molecule has 0 aromatic heterocycles. The molecular formula is C11H18N2O4. The molecular weight excluding hydrogens is 224 g/mol. The molecule has 0 unspecified atom stereocenters. The number of alkyl carbamates (subject to hydrolysis) is 1. The molecule has 17 heavy (non-hydrogen) atoms. The van der Waals surface area contributed by atoms with Crippen molar-refractivity contribution in [1.29, 1.82) is 5.41 Å². The molecule has 0 heterocycles. The van der Waals surface area contributed by atoms with Crippen LogP contribution >= 0.6 is 0 Å². The predicted octanol–water partition coefficient (Wildman–Crippen LogP) is 1.56. The Labute approximate surface area is 100 Å².